The number of fused-ring (bicyclic) bond motifs is 1. The van der Waals surface area contributed by atoms with E-state index in [4.69, 9.17) is 0 Å². The van der Waals surface area contributed by atoms with Gasteiger partial charge in [0.15, 0.2) is 5.78 Å². The smallest absolute Gasteiger partial charge is 0.241 e. The van der Waals surface area contributed by atoms with E-state index < -0.39 is 21.5 Å². The van der Waals surface area contributed by atoms with Crippen molar-refractivity contribution in [2.75, 3.05) is 0 Å². The van der Waals surface area contributed by atoms with E-state index in [1.54, 1.807) is 39.0 Å². The fourth-order valence-electron chi connectivity index (χ4n) is 3.37. The number of rotatable bonds is 5. The lowest BCUT2D eigenvalue weighted by Gasteiger charge is -2.22. The normalized spacial score (nSPS) is 13.4. The molecule has 0 spiro atoms. The quantitative estimate of drug-likeness (QED) is 0.625. The maximum Gasteiger partial charge on any atom is 0.241 e. The largest absolute Gasteiger partial charge is 0.293 e. The zero-order valence-electron chi connectivity index (χ0n) is 16.6. The van der Waals surface area contributed by atoms with Crippen molar-refractivity contribution in [2.45, 2.75) is 44.0 Å². The molecule has 1 atom stereocenters. The summed E-state index contributed by atoms with van der Waals surface area (Å²) in [6.07, 6.45) is 0. The van der Waals surface area contributed by atoms with Crippen molar-refractivity contribution >= 4 is 26.6 Å². The lowest BCUT2D eigenvalue weighted by atomic mass is 9.89. The summed E-state index contributed by atoms with van der Waals surface area (Å²) in [7, 11) is -3.82. The molecule has 4 nitrogen and oxygen atoms in total. The minimum Gasteiger partial charge on any atom is -0.293 e. The number of sulfonamides is 1. The fraction of sp³-hybridized carbons (Fsp3) is 0.261. The first-order valence-corrected chi connectivity index (χ1v) is 10.7. The Kier molecular flexibility index (Phi) is 5.41. The number of carbonyl (C=O) groups excluding carboxylic acids is 1. The van der Waals surface area contributed by atoms with Crippen LogP contribution in [0.5, 0.6) is 0 Å². The Bertz CT molecular complexity index is 1120. The second-order valence-electron chi connectivity index (χ2n) is 8.01. The van der Waals surface area contributed by atoms with Crippen LogP contribution in [0, 0.1) is 0 Å². The van der Waals surface area contributed by atoms with Crippen LogP contribution in [0.1, 0.15) is 49.5 Å². The van der Waals surface area contributed by atoms with E-state index in [0.717, 1.165) is 16.3 Å². The van der Waals surface area contributed by atoms with E-state index in [-0.39, 0.29) is 16.2 Å². The summed E-state index contributed by atoms with van der Waals surface area (Å²) in [5.74, 6) is -0.691. The summed E-state index contributed by atoms with van der Waals surface area (Å²) in [4.78, 5) is 13.3. The van der Waals surface area contributed by atoms with E-state index in [9.17, 15) is 13.2 Å². The standard InChI is InChI=1S/C23H25NO3S/c1-16(18-14-9-11-17-10-5-6-12-19(17)18)22(25)20-13-7-8-15-21(20)28(26,27)24-23(2,3)4/h5-16,24H,1-4H3. The summed E-state index contributed by atoms with van der Waals surface area (Å²) >= 11 is 0. The Balaban J connectivity index is 2.06. The van der Waals surface area contributed by atoms with Gasteiger partial charge >= 0.3 is 0 Å². The molecular formula is C23H25NO3S. The van der Waals surface area contributed by atoms with Gasteiger partial charge in [-0.1, -0.05) is 67.6 Å². The number of benzene rings is 3. The zero-order chi connectivity index (χ0) is 20.5. The highest BCUT2D eigenvalue weighted by Gasteiger charge is 2.29. The van der Waals surface area contributed by atoms with Crippen LogP contribution in [0.2, 0.25) is 0 Å². The van der Waals surface area contributed by atoms with E-state index in [1.807, 2.05) is 49.4 Å². The number of hydrogen-bond donors (Lipinski definition) is 1. The molecule has 0 fully saturated rings. The number of ketones is 1. The molecule has 1 unspecified atom stereocenters. The van der Waals surface area contributed by atoms with E-state index >= 15 is 0 Å². The predicted molar refractivity (Wildman–Crippen MR) is 113 cm³/mol. The molecule has 3 aromatic rings. The summed E-state index contributed by atoms with van der Waals surface area (Å²) < 4.78 is 28.4. The van der Waals surface area contributed by atoms with Crippen LogP contribution in [0.15, 0.2) is 71.6 Å². The van der Waals surface area contributed by atoms with Crippen molar-refractivity contribution in [3.8, 4) is 0 Å². The van der Waals surface area contributed by atoms with Crippen LogP contribution < -0.4 is 4.72 Å². The molecule has 0 radical (unpaired) electrons. The molecule has 0 bridgehead atoms. The molecular weight excluding hydrogens is 370 g/mol. The highest BCUT2D eigenvalue weighted by Crippen LogP contribution is 2.30. The van der Waals surface area contributed by atoms with Crippen LogP contribution in [0.25, 0.3) is 10.8 Å². The third kappa shape index (κ3) is 4.16. The molecule has 0 heterocycles. The van der Waals surface area contributed by atoms with Crippen molar-refractivity contribution in [1.82, 2.24) is 4.72 Å². The van der Waals surface area contributed by atoms with E-state index in [1.165, 1.54) is 6.07 Å². The van der Waals surface area contributed by atoms with Crippen LogP contribution in [-0.2, 0) is 10.0 Å². The molecule has 0 aliphatic heterocycles. The highest BCUT2D eigenvalue weighted by molar-refractivity contribution is 7.89. The van der Waals surface area contributed by atoms with Crippen LogP contribution in [-0.4, -0.2) is 19.7 Å². The van der Waals surface area contributed by atoms with Crippen LogP contribution in [0.4, 0.5) is 0 Å². The Labute approximate surface area is 166 Å². The highest BCUT2D eigenvalue weighted by atomic mass is 32.2. The molecule has 0 saturated carbocycles. The summed E-state index contributed by atoms with van der Waals surface area (Å²) in [5, 5.41) is 2.05. The second-order valence-corrected chi connectivity index (χ2v) is 9.66. The molecule has 0 amide bonds. The molecule has 0 saturated heterocycles. The summed E-state index contributed by atoms with van der Waals surface area (Å²) in [6, 6.07) is 20.1. The average Bonchev–Trinajstić information content (AvgIpc) is 2.64. The SMILES string of the molecule is CC(C(=O)c1ccccc1S(=O)(=O)NC(C)(C)C)c1cccc2ccccc12. The lowest BCUT2D eigenvalue weighted by molar-refractivity contribution is 0.0963. The molecule has 1 N–H and O–H groups in total. The third-order valence-electron chi connectivity index (χ3n) is 4.57. The fourth-order valence-corrected chi connectivity index (χ4v) is 5.00. The minimum atomic E-state index is -3.82. The van der Waals surface area contributed by atoms with Gasteiger partial charge in [0, 0.05) is 17.0 Å². The average molecular weight is 396 g/mol. The molecule has 3 rings (SSSR count). The van der Waals surface area contributed by atoms with Gasteiger partial charge in [-0.25, -0.2) is 13.1 Å². The molecule has 0 aliphatic rings. The van der Waals surface area contributed by atoms with Gasteiger partial charge in [-0.2, -0.15) is 0 Å². The molecule has 146 valence electrons. The number of hydrogen-bond acceptors (Lipinski definition) is 3. The Hall–Kier alpha value is -2.50. The molecule has 3 aromatic carbocycles. The van der Waals surface area contributed by atoms with Gasteiger partial charge in [0.25, 0.3) is 0 Å². The molecule has 0 aromatic heterocycles. The Morgan fingerprint density at radius 3 is 2.21 bits per heavy atom. The van der Waals surface area contributed by atoms with Gasteiger partial charge in [-0.15, -0.1) is 0 Å². The van der Waals surface area contributed by atoms with Gasteiger partial charge in [0.1, 0.15) is 0 Å². The zero-order valence-corrected chi connectivity index (χ0v) is 17.4. The van der Waals surface area contributed by atoms with Crippen molar-refractivity contribution < 1.29 is 13.2 Å². The van der Waals surface area contributed by atoms with E-state index in [2.05, 4.69) is 4.72 Å². The maximum absolute atomic E-state index is 13.3. The lowest BCUT2D eigenvalue weighted by Crippen LogP contribution is -2.41. The van der Waals surface area contributed by atoms with E-state index in [0.29, 0.717) is 0 Å². The van der Waals surface area contributed by atoms with Crippen molar-refractivity contribution in [2.24, 2.45) is 0 Å². The van der Waals surface area contributed by atoms with Crippen molar-refractivity contribution in [3.63, 3.8) is 0 Å². The first kappa shape index (κ1) is 20.2. The molecule has 0 aliphatic carbocycles. The van der Waals surface area contributed by atoms with Gasteiger partial charge in [-0.05, 0) is 43.2 Å². The number of carbonyl (C=O) groups is 1. The number of Topliss-reactive ketones (excluding diaryl/α,β-unsaturated/α-hetero) is 1. The summed E-state index contributed by atoms with van der Waals surface area (Å²) in [5.41, 5.74) is 0.453. The monoisotopic (exact) mass is 395 g/mol. The van der Waals surface area contributed by atoms with Crippen molar-refractivity contribution in [3.05, 3.63) is 77.9 Å². The van der Waals surface area contributed by atoms with Gasteiger partial charge in [0.05, 0.1) is 4.90 Å². The van der Waals surface area contributed by atoms with Crippen LogP contribution in [0.3, 0.4) is 0 Å². The Morgan fingerprint density at radius 2 is 1.50 bits per heavy atom. The first-order valence-electron chi connectivity index (χ1n) is 9.25. The summed E-state index contributed by atoms with van der Waals surface area (Å²) in [6.45, 7) is 7.14. The third-order valence-corrected chi connectivity index (χ3v) is 6.38. The molecule has 28 heavy (non-hydrogen) atoms. The predicted octanol–water partition coefficient (Wildman–Crippen LogP) is 4.90. The van der Waals surface area contributed by atoms with Crippen LogP contribution >= 0.6 is 0 Å². The van der Waals surface area contributed by atoms with Crippen molar-refractivity contribution in [1.29, 1.82) is 0 Å². The van der Waals surface area contributed by atoms with Gasteiger partial charge in [-0.3, -0.25) is 4.79 Å². The first-order chi connectivity index (χ1) is 13.1. The van der Waals surface area contributed by atoms with Gasteiger partial charge in [0.2, 0.25) is 10.0 Å². The molecule has 5 heteroatoms. The minimum absolute atomic E-state index is 0.0158. The van der Waals surface area contributed by atoms with Gasteiger partial charge < -0.3 is 0 Å². The number of nitrogens with one attached hydrogen (secondary N) is 1. The topological polar surface area (TPSA) is 63.2 Å². The second kappa shape index (κ2) is 7.49. The maximum atomic E-state index is 13.3. The Morgan fingerprint density at radius 1 is 0.893 bits per heavy atom.